The zero-order chi connectivity index (χ0) is 11.7. The molecule has 0 saturated heterocycles. The van der Waals surface area contributed by atoms with E-state index in [1.807, 2.05) is 0 Å². The summed E-state index contributed by atoms with van der Waals surface area (Å²) in [6.45, 7) is 0.361. The Morgan fingerprint density at radius 2 is 2.31 bits per heavy atom. The Kier molecular flexibility index (Phi) is 2.76. The summed E-state index contributed by atoms with van der Waals surface area (Å²) < 4.78 is 5.36. The highest BCUT2D eigenvalue weighted by atomic mass is 16.6. The summed E-state index contributed by atoms with van der Waals surface area (Å²) >= 11 is 0. The Morgan fingerprint density at radius 1 is 1.56 bits per heavy atom. The number of fused-ring (bicyclic) bond motifs is 1. The number of hydrogen-bond acceptors (Lipinski definition) is 5. The zero-order valence-electron chi connectivity index (χ0n) is 8.50. The number of nitrogens with two attached hydrogens (primary N) is 1. The van der Waals surface area contributed by atoms with Crippen LogP contribution in [0.25, 0.3) is 0 Å². The highest BCUT2D eigenvalue weighted by Crippen LogP contribution is 2.32. The summed E-state index contributed by atoms with van der Waals surface area (Å²) in [5.41, 5.74) is 6.24. The van der Waals surface area contributed by atoms with Crippen molar-refractivity contribution in [2.24, 2.45) is 5.73 Å². The van der Waals surface area contributed by atoms with Crippen LogP contribution in [0.3, 0.4) is 0 Å². The molecule has 16 heavy (non-hydrogen) atoms. The second kappa shape index (κ2) is 4.07. The SMILES string of the molecule is NC1c2cc([N+](=O)[O-])ccc2OCCC1O. The third-order valence-electron chi connectivity index (χ3n) is 2.65. The third-order valence-corrected chi connectivity index (χ3v) is 2.65. The van der Waals surface area contributed by atoms with Gasteiger partial charge in [-0.25, -0.2) is 0 Å². The summed E-state index contributed by atoms with van der Waals surface area (Å²) in [6, 6.07) is 3.60. The molecule has 6 nitrogen and oxygen atoms in total. The summed E-state index contributed by atoms with van der Waals surface area (Å²) in [5, 5.41) is 20.3. The van der Waals surface area contributed by atoms with Crippen LogP contribution in [0.4, 0.5) is 5.69 Å². The minimum Gasteiger partial charge on any atom is -0.493 e. The number of nitro benzene ring substituents is 1. The van der Waals surface area contributed by atoms with Crippen LogP contribution in [0.15, 0.2) is 18.2 Å². The largest absolute Gasteiger partial charge is 0.493 e. The van der Waals surface area contributed by atoms with E-state index in [4.69, 9.17) is 10.5 Å². The van der Waals surface area contributed by atoms with Gasteiger partial charge in [-0.3, -0.25) is 10.1 Å². The summed E-state index contributed by atoms with van der Waals surface area (Å²) in [5.74, 6) is 0.509. The molecule has 0 fully saturated rings. The smallest absolute Gasteiger partial charge is 0.270 e. The number of aliphatic hydroxyl groups excluding tert-OH is 1. The maximum atomic E-state index is 10.6. The Balaban J connectivity index is 2.46. The molecule has 3 N–H and O–H groups in total. The van der Waals surface area contributed by atoms with Gasteiger partial charge in [-0.05, 0) is 6.07 Å². The number of hydrogen-bond donors (Lipinski definition) is 2. The molecule has 0 aliphatic carbocycles. The topological polar surface area (TPSA) is 98.6 Å². The number of nitrogens with zero attached hydrogens (tertiary/aromatic N) is 1. The molecule has 0 bridgehead atoms. The first-order chi connectivity index (χ1) is 7.59. The first-order valence-corrected chi connectivity index (χ1v) is 4.94. The van der Waals surface area contributed by atoms with Gasteiger partial charge in [0.15, 0.2) is 0 Å². The van der Waals surface area contributed by atoms with Crippen LogP contribution in [0.5, 0.6) is 5.75 Å². The van der Waals surface area contributed by atoms with Gasteiger partial charge in [0.05, 0.1) is 23.7 Å². The molecule has 0 spiro atoms. The molecule has 0 aromatic heterocycles. The molecule has 1 aliphatic rings. The number of benzene rings is 1. The Hall–Kier alpha value is -1.66. The van der Waals surface area contributed by atoms with Crippen LogP contribution in [-0.2, 0) is 0 Å². The number of ether oxygens (including phenoxy) is 1. The Labute approximate surface area is 91.8 Å². The van der Waals surface area contributed by atoms with E-state index < -0.39 is 17.1 Å². The molecule has 2 unspecified atom stereocenters. The molecule has 0 saturated carbocycles. The van der Waals surface area contributed by atoms with E-state index in [9.17, 15) is 15.2 Å². The first kappa shape index (κ1) is 10.8. The van der Waals surface area contributed by atoms with E-state index in [1.54, 1.807) is 0 Å². The number of nitro groups is 1. The maximum Gasteiger partial charge on any atom is 0.270 e. The summed E-state index contributed by atoms with van der Waals surface area (Å²) in [7, 11) is 0. The van der Waals surface area contributed by atoms with Gasteiger partial charge in [0.2, 0.25) is 0 Å². The van der Waals surface area contributed by atoms with Crippen LogP contribution >= 0.6 is 0 Å². The molecule has 0 radical (unpaired) electrons. The second-order valence-corrected chi connectivity index (χ2v) is 3.71. The van der Waals surface area contributed by atoms with Crippen LogP contribution in [0, 0.1) is 10.1 Å². The lowest BCUT2D eigenvalue weighted by atomic mass is 10.00. The van der Waals surface area contributed by atoms with Gasteiger partial charge in [0, 0.05) is 24.1 Å². The van der Waals surface area contributed by atoms with Crippen LogP contribution in [0.2, 0.25) is 0 Å². The van der Waals surface area contributed by atoms with Crippen molar-refractivity contribution in [3.63, 3.8) is 0 Å². The highest BCUT2D eigenvalue weighted by molar-refractivity contribution is 5.46. The maximum absolute atomic E-state index is 10.6. The fraction of sp³-hybridized carbons (Fsp3) is 0.400. The number of rotatable bonds is 1. The fourth-order valence-corrected chi connectivity index (χ4v) is 1.72. The molecule has 1 heterocycles. The molecule has 1 aliphatic heterocycles. The lowest BCUT2D eigenvalue weighted by Crippen LogP contribution is -2.25. The molecule has 6 heteroatoms. The van der Waals surface area contributed by atoms with Crippen molar-refractivity contribution >= 4 is 5.69 Å². The number of non-ortho nitro benzene ring substituents is 1. The van der Waals surface area contributed by atoms with Gasteiger partial charge in [-0.2, -0.15) is 0 Å². The number of aliphatic hydroxyl groups is 1. The van der Waals surface area contributed by atoms with Crippen molar-refractivity contribution in [2.45, 2.75) is 18.6 Å². The minimum atomic E-state index is -0.733. The zero-order valence-corrected chi connectivity index (χ0v) is 8.50. The first-order valence-electron chi connectivity index (χ1n) is 4.94. The second-order valence-electron chi connectivity index (χ2n) is 3.71. The Morgan fingerprint density at radius 3 is 3.00 bits per heavy atom. The van der Waals surface area contributed by atoms with Crippen molar-refractivity contribution in [2.75, 3.05) is 6.61 Å². The minimum absolute atomic E-state index is 0.0492. The average Bonchev–Trinajstić information content (AvgIpc) is 2.40. The van der Waals surface area contributed by atoms with Gasteiger partial charge in [-0.1, -0.05) is 0 Å². The van der Waals surface area contributed by atoms with E-state index in [0.717, 1.165) is 0 Å². The van der Waals surface area contributed by atoms with Crippen LogP contribution in [0.1, 0.15) is 18.0 Å². The van der Waals surface area contributed by atoms with E-state index in [1.165, 1.54) is 18.2 Å². The molecule has 86 valence electrons. The van der Waals surface area contributed by atoms with Gasteiger partial charge >= 0.3 is 0 Å². The molecule has 1 aromatic rings. The standard InChI is InChI=1S/C10H12N2O4/c11-10-7-5-6(12(14)15)1-2-9(7)16-4-3-8(10)13/h1-2,5,8,10,13H,3-4,11H2. The van der Waals surface area contributed by atoms with Crippen LogP contribution in [-0.4, -0.2) is 22.7 Å². The molecule has 1 aromatic carbocycles. The van der Waals surface area contributed by atoms with E-state index >= 15 is 0 Å². The molecular formula is C10H12N2O4. The van der Waals surface area contributed by atoms with E-state index in [2.05, 4.69) is 0 Å². The van der Waals surface area contributed by atoms with E-state index in [-0.39, 0.29) is 5.69 Å². The molecular weight excluding hydrogens is 212 g/mol. The van der Waals surface area contributed by atoms with Crippen molar-refractivity contribution in [1.29, 1.82) is 0 Å². The van der Waals surface area contributed by atoms with Crippen molar-refractivity contribution in [3.8, 4) is 5.75 Å². The third kappa shape index (κ3) is 1.84. The van der Waals surface area contributed by atoms with Crippen molar-refractivity contribution in [1.82, 2.24) is 0 Å². The predicted molar refractivity (Wildman–Crippen MR) is 56.1 cm³/mol. The quantitative estimate of drug-likeness (QED) is 0.541. The van der Waals surface area contributed by atoms with Gasteiger partial charge in [-0.15, -0.1) is 0 Å². The monoisotopic (exact) mass is 224 g/mol. The average molecular weight is 224 g/mol. The summed E-state index contributed by atoms with van der Waals surface area (Å²) in [6.07, 6.45) is -0.313. The normalized spacial score (nSPS) is 24.1. The van der Waals surface area contributed by atoms with Gasteiger partial charge in [0.1, 0.15) is 5.75 Å². The Bertz CT molecular complexity index is 421. The molecule has 2 atom stereocenters. The highest BCUT2D eigenvalue weighted by Gasteiger charge is 2.25. The van der Waals surface area contributed by atoms with Crippen LogP contribution < -0.4 is 10.5 Å². The molecule has 0 amide bonds. The fourth-order valence-electron chi connectivity index (χ4n) is 1.72. The summed E-state index contributed by atoms with van der Waals surface area (Å²) in [4.78, 5) is 10.1. The predicted octanol–water partition coefficient (Wildman–Crippen LogP) is 0.738. The molecule has 2 rings (SSSR count). The van der Waals surface area contributed by atoms with E-state index in [0.29, 0.717) is 24.3 Å². The van der Waals surface area contributed by atoms with Crippen molar-refractivity contribution < 1.29 is 14.8 Å². The van der Waals surface area contributed by atoms with Crippen molar-refractivity contribution in [3.05, 3.63) is 33.9 Å². The van der Waals surface area contributed by atoms with Gasteiger partial charge < -0.3 is 15.6 Å². The lowest BCUT2D eigenvalue weighted by Gasteiger charge is -2.15. The van der Waals surface area contributed by atoms with Gasteiger partial charge in [0.25, 0.3) is 5.69 Å². The lowest BCUT2D eigenvalue weighted by molar-refractivity contribution is -0.385.